The number of carbonyl (C=O) groups is 1. The van der Waals surface area contributed by atoms with Gasteiger partial charge in [0.15, 0.2) is 6.61 Å². The maximum absolute atomic E-state index is 12.0. The van der Waals surface area contributed by atoms with Crippen LogP contribution in [0.3, 0.4) is 0 Å². The summed E-state index contributed by atoms with van der Waals surface area (Å²) in [5.41, 5.74) is 6.87. The first-order valence-corrected chi connectivity index (χ1v) is 6.31. The fourth-order valence-electron chi connectivity index (χ4n) is 1.95. The van der Waals surface area contributed by atoms with E-state index in [0.29, 0.717) is 18.0 Å². The van der Waals surface area contributed by atoms with Gasteiger partial charge in [0, 0.05) is 25.4 Å². The molecule has 1 aliphatic heterocycles. The Morgan fingerprint density at radius 3 is 2.89 bits per heavy atom. The Bertz CT molecular complexity index is 486. The number of benzene rings is 1. The van der Waals surface area contributed by atoms with Crippen molar-refractivity contribution in [3.63, 3.8) is 0 Å². The van der Waals surface area contributed by atoms with Crippen LogP contribution in [0.5, 0.6) is 5.75 Å². The van der Waals surface area contributed by atoms with E-state index in [1.54, 1.807) is 24.1 Å². The number of nitrogens with two attached hydrogens (primary N) is 1. The lowest BCUT2D eigenvalue weighted by atomic mass is 10.0. The summed E-state index contributed by atoms with van der Waals surface area (Å²) in [6.07, 6.45) is 0.749. The molecule has 1 heterocycles. The van der Waals surface area contributed by atoms with E-state index in [4.69, 9.17) is 15.2 Å². The molecule has 1 aromatic carbocycles. The number of nitrogens with zero attached hydrogens (tertiary/aromatic N) is 1. The summed E-state index contributed by atoms with van der Waals surface area (Å²) in [4.78, 5) is 13.7. The molecule has 0 radical (unpaired) electrons. The summed E-state index contributed by atoms with van der Waals surface area (Å²) >= 11 is 0. The zero-order valence-corrected chi connectivity index (χ0v) is 11.6. The molecule has 0 atom stereocenters. The fourth-order valence-corrected chi connectivity index (χ4v) is 1.95. The van der Waals surface area contributed by atoms with Gasteiger partial charge in [-0.1, -0.05) is 0 Å². The summed E-state index contributed by atoms with van der Waals surface area (Å²) in [6.45, 7) is 4.66. The molecule has 0 fully saturated rings. The van der Waals surface area contributed by atoms with E-state index >= 15 is 0 Å². The van der Waals surface area contributed by atoms with Gasteiger partial charge < -0.3 is 20.1 Å². The van der Waals surface area contributed by atoms with Crippen LogP contribution in [0, 0.1) is 0 Å². The van der Waals surface area contributed by atoms with Crippen LogP contribution in [0.25, 0.3) is 0 Å². The van der Waals surface area contributed by atoms with Crippen LogP contribution in [-0.4, -0.2) is 31.8 Å². The quantitative estimate of drug-likeness (QED) is 0.842. The Morgan fingerprint density at radius 2 is 2.21 bits per heavy atom. The third-order valence-corrected chi connectivity index (χ3v) is 3.42. The summed E-state index contributed by atoms with van der Waals surface area (Å²) in [5.74, 6) is 0.624. The molecule has 1 amide bonds. The molecule has 1 aliphatic rings. The molecule has 0 saturated heterocycles. The summed E-state index contributed by atoms with van der Waals surface area (Å²) in [7, 11) is 1.68. The molecule has 0 saturated carbocycles. The van der Waals surface area contributed by atoms with Crippen LogP contribution < -0.4 is 15.4 Å². The Kier molecular flexibility index (Phi) is 3.66. The normalized spacial score (nSPS) is 15.1. The number of rotatable bonds is 4. The van der Waals surface area contributed by atoms with Crippen molar-refractivity contribution >= 4 is 17.3 Å². The molecule has 2 N–H and O–H groups in total. The van der Waals surface area contributed by atoms with Crippen molar-refractivity contribution in [1.29, 1.82) is 0 Å². The second-order valence-corrected chi connectivity index (χ2v) is 5.28. The van der Waals surface area contributed by atoms with E-state index in [2.05, 4.69) is 0 Å². The van der Waals surface area contributed by atoms with Gasteiger partial charge in [0.25, 0.3) is 5.91 Å². The van der Waals surface area contributed by atoms with Gasteiger partial charge in [0.2, 0.25) is 0 Å². The minimum atomic E-state index is -0.257. The van der Waals surface area contributed by atoms with Gasteiger partial charge in [-0.3, -0.25) is 4.79 Å². The van der Waals surface area contributed by atoms with Gasteiger partial charge in [-0.05, 0) is 32.4 Å². The van der Waals surface area contributed by atoms with E-state index in [0.717, 1.165) is 12.1 Å². The highest BCUT2D eigenvalue weighted by Gasteiger charge is 2.27. The summed E-state index contributed by atoms with van der Waals surface area (Å²) in [6, 6.07) is 5.34. The van der Waals surface area contributed by atoms with Gasteiger partial charge in [-0.15, -0.1) is 0 Å². The fraction of sp³-hybridized carbons (Fsp3) is 0.500. The smallest absolute Gasteiger partial charge is 0.265 e. The van der Waals surface area contributed by atoms with Crippen LogP contribution in [0.1, 0.15) is 20.3 Å². The van der Waals surface area contributed by atoms with E-state index < -0.39 is 0 Å². The first kappa shape index (κ1) is 13.7. The molecule has 0 bridgehead atoms. The SMILES string of the molecule is COC(C)(C)CCN1C(=O)COc2cc(N)ccc21. The molecule has 19 heavy (non-hydrogen) atoms. The van der Waals surface area contributed by atoms with Gasteiger partial charge in [0.05, 0.1) is 11.3 Å². The molecule has 0 unspecified atom stereocenters. The third-order valence-electron chi connectivity index (χ3n) is 3.42. The molecular weight excluding hydrogens is 244 g/mol. The maximum Gasteiger partial charge on any atom is 0.265 e. The van der Waals surface area contributed by atoms with Crippen LogP contribution in [-0.2, 0) is 9.53 Å². The lowest BCUT2D eigenvalue weighted by Gasteiger charge is -2.32. The van der Waals surface area contributed by atoms with E-state index in [1.165, 1.54) is 0 Å². The highest BCUT2D eigenvalue weighted by atomic mass is 16.5. The first-order chi connectivity index (χ1) is 8.93. The van der Waals surface area contributed by atoms with Crippen molar-refractivity contribution in [1.82, 2.24) is 0 Å². The van der Waals surface area contributed by atoms with Crippen LogP contribution >= 0.6 is 0 Å². The lowest BCUT2D eigenvalue weighted by Crippen LogP contribution is -2.41. The van der Waals surface area contributed by atoms with Crippen LogP contribution in [0.15, 0.2) is 18.2 Å². The van der Waals surface area contributed by atoms with E-state index in [1.807, 2.05) is 19.9 Å². The molecule has 5 heteroatoms. The predicted molar refractivity (Wildman–Crippen MR) is 74.4 cm³/mol. The molecule has 2 rings (SSSR count). The number of fused-ring (bicyclic) bond motifs is 1. The van der Waals surface area contributed by atoms with Crippen molar-refractivity contribution in [3.05, 3.63) is 18.2 Å². The lowest BCUT2D eigenvalue weighted by molar-refractivity contribution is -0.121. The number of carbonyl (C=O) groups excluding carboxylic acids is 1. The summed E-state index contributed by atoms with van der Waals surface area (Å²) in [5, 5.41) is 0. The topological polar surface area (TPSA) is 64.8 Å². The van der Waals surface area contributed by atoms with Gasteiger partial charge in [-0.2, -0.15) is 0 Å². The Hall–Kier alpha value is -1.75. The number of nitrogen functional groups attached to an aromatic ring is 1. The van der Waals surface area contributed by atoms with Crippen molar-refractivity contribution in [2.24, 2.45) is 0 Å². The minimum Gasteiger partial charge on any atom is -0.481 e. The van der Waals surface area contributed by atoms with Crippen molar-refractivity contribution in [2.75, 3.05) is 30.9 Å². The Balaban J connectivity index is 2.19. The Labute approximate surface area is 113 Å². The second kappa shape index (κ2) is 5.09. The number of methoxy groups -OCH3 is 1. The maximum atomic E-state index is 12.0. The largest absolute Gasteiger partial charge is 0.481 e. The molecular formula is C14H20N2O3. The highest BCUT2D eigenvalue weighted by Crippen LogP contribution is 2.34. The molecule has 1 aromatic rings. The van der Waals surface area contributed by atoms with Gasteiger partial charge in [0.1, 0.15) is 5.75 Å². The molecule has 104 valence electrons. The number of anilines is 2. The molecule has 0 aliphatic carbocycles. The molecule has 0 spiro atoms. The van der Waals surface area contributed by atoms with Gasteiger partial charge in [-0.25, -0.2) is 0 Å². The van der Waals surface area contributed by atoms with Crippen molar-refractivity contribution in [3.8, 4) is 5.75 Å². The number of amides is 1. The number of hydrogen-bond donors (Lipinski definition) is 1. The molecule has 0 aromatic heterocycles. The first-order valence-electron chi connectivity index (χ1n) is 6.31. The van der Waals surface area contributed by atoms with Crippen LogP contribution in [0.4, 0.5) is 11.4 Å². The van der Waals surface area contributed by atoms with E-state index in [-0.39, 0.29) is 18.1 Å². The monoisotopic (exact) mass is 264 g/mol. The predicted octanol–water partition coefficient (Wildman–Crippen LogP) is 1.81. The van der Waals surface area contributed by atoms with Crippen molar-refractivity contribution in [2.45, 2.75) is 25.9 Å². The minimum absolute atomic E-state index is 0.0378. The zero-order valence-electron chi connectivity index (χ0n) is 11.6. The van der Waals surface area contributed by atoms with Gasteiger partial charge >= 0.3 is 0 Å². The highest BCUT2D eigenvalue weighted by molar-refractivity contribution is 5.98. The van der Waals surface area contributed by atoms with Crippen LogP contribution in [0.2, 0.25) is 0 Å². The Morgan fingerprint density at radius 1 is 1.47 bits per heavy atom. The number of hydrogen-bond acceptors (Lipinski definition) is 4. The standard InChI is InChI=1S/C14H20N2O3/c1-14(2,18-3)6-7-16-11-5-4-10(15)8-12(11)19-9-13(16)17/h4-5,8H,6-7,9,15H2,1-3H3. The number of ether oxygens (including phenoxy) is 2. The molecule has 5 nitrogen and oxygen atoms in total. The average molecular weight is 264 g/mol. The van der Waals surface area contributed by atoms with E-state index in [9.17, 15) is 4.79 Å². The third kappa shape index (κ3) is 2.98. The summed E-state index contributed by atoms with van der Waals surface area (Å²) < 4.78 is 10.8. The second-order valence-electron chi connectivity index (χ2n) is 5.28. The average Bonchev–Trinajstić information content (AvgIpc) is 2.38. The zero-order chi connectivity index (χ0) is 14.0. The van der Waals surface area contributed by atoms with Crippen molar-refractivity contribution < 1.29 is 14.3 Å².